The number of benzene rings is 1. The van der Waals surface area contributed by atoms with Crippen LogP contribution < -0.4 is 10.5 Å². The summed E-state index contributed by atoms with van der Waals surface area (Å²) < 4.78 is 41.0. The van der Waals surface area contributed by atoms with Crippen LogP contribution in [0, 0.1) is 6.92 Å². The van der Waals surface area contributed by atoms with Crippen molar-refractivity contribution < 1.29 is 17.9 Å². The zero-order valence-corrected chi connectivity index (χ0v) is 11.5. The molecule has 108 valence electrons. The van der Waals surface area contributed by atoms with Crippen molar-refractivity contribution in [3.63, 3.8) is 0 Å². The molecule has 0 fully saturated rings. The molecular weight excluding hydrogens is 289 g/mol. The highest BCUT2D eigenvalue weighted by molar-refractivity contribution is 7.09. The van der Waals surface area contributed by atoms with Gasteiger partial charge in [0.15, 0.2) is 0 Å². The lowest BCUT2D eigenvalue weighted by Crippen LogP contribution is -2.21. The van der Waals surface area contributed by atoms with Gasteiger partial charge in [0.1, 0.15) is 5.75 Å². The van der Waals surface area contributed by atoms with Gasteiger partial charge in [-0.05, 0) is 13.0 Å². The van der Waals surface area contributed by atoms with Crippen LogP contribution in [-0.2, 0) is 6.42 Å². The molecule has 0 aliphatic rings. The standard InChI is InChI=1S/C13H13F3N2OS/c1-8-18-9(7-20-8)6-11(17)10-4-2-3-5-12(10)19-13(14,15)16/h2-5,7,11H,6,17H2,1H3. The summed E-state index contributed by atoms with van der Waals surface area (Å²) >= 11 is 1.48. The van der Waals surface area contributed by atoms with Crippen LogP contribution in [0.4, 0.5) is 13.2 Å². The summed E-state index contributed by atoms with van der Waals surface area (Å²) in [6, 6.07) is 5.30. The minimum atomic E-state index is -4.73. The van der Waals surface area contributed by atoms with Gasteiger partial charge in [-0.3, -0.25) is 0 Å². The molecule has 0 saturated heterocycles. The number of halogens is 3. The van der Waals surface area contributed by atoms with Crippen LogP contribution >= 0.6 is 11.3 Å². The molecule has 0 spiro atoms. The maximum Gasteiger partial charge on any atom is 0.573 e. The average molecular weight is 302 g/mol. The number of nitrogens with two attached hydrogens (primary N) is 1. The van der Waals surface area contributed by atoms with Gasteiger partial charge in [0.2, 0.25) is 0 Å². The first-order valence-corrected chi connectivity index (χ1v) is 6.74. The van der Waals surface area contributed by atoms with Gasteiger partial charge in [0.05, 0.1) is 10.7 Å². The fourth-order valence-corrected chi connectivity index (χ4v) is 2.47. The number of rotatable bonds is 4. The number of hydrogen-bond donors (Lipinski definition) is 1. The minimum Gasteiger partial charge on any atom is -0.405 e. The van der Waals surface area contributed by atoms with E-state index in [4.69, 9.17) is 5.73 Å². The Kier molecular flexibility index (Phi) is 4.29. The van der Waals surface area contributed by atoms with Crippen molar-refractivity contribution in [3.8, 4) is 5.75 Å². The first kappa shape index (κ1) is 14.8. The third-order valence-electron chi connectivity index (χ3n) is 2.64. The molecule has 0 amide bonds. The molecule has 7 heteroatoms. The molecule has 1 aromatic heterocycles. The maximum atomic E-state index is 12.3. The average Bonchev–Trinajstić information content (AvgIpc) is 2.73. The molecular formula is C13H13F3N2OS. The molecule has 2 aromatic rings. The summed E-state index contributed by atoms with van der Waals surface area (Å²) in [5.74, 6) is -0.264. The summed E-state index contributed by atoms with van der Waals surface area (Å²) in [6.45, 7) is 1.86. The van der Waals surface area contributed by atoms with E-state index in [1.54, 1.807) is 6.07 Å². The smallest absolute Gasteiger partial charge is 0.405 e. The monoisotopic (exact) mass is 302 g/mol. The van der Waals surface area contributed by atoms with Crippen molar-refractivity contribution >= 4 is 11.3 Å². The second-order valence-electron chi connectivity index (χ2n) is 4.25. The highest BCUT2D eigenvalue weighted by atomic mass is 32.1. The van der Waals surface area contributed by atoms with Gasteiger partial charge >= 0.3 is 6.36 Å². The fraction of sp³-hybridized carbons (Fsp3) is 0.308. The predicted octanol–water partition coefficient (Wildman–Crippen LogP) is 3.59. The van der Waals surface area contributed by atoms with Crippen molar-refractivity contribution in [3.05, 3.63) is 45.9 Å². The fourth-order valence-electron chi connectivity index (χ4n) is 1.84. The van der Waals surface area contributed by atoms with Crippen molar-refractivity contribution in [2.45, 2.75) is 25.7 Å². The molecule has 2 N–H and O–H groups in total. The van der Waals surface area contributed by atoms with Gasteiger partial charge in [-0.15, -0.1) is 24.5 Å². The number of thiazole rings is 1. The van der Waals surface area contributed by atoms with E-state index in [1.807, 2.05) is 12.3 Å². The predicted molar refractivity (Wildman–Crippen MR) is 70.6 cm³/mol. The second kappa shape index (κ2) is 5.80. The topological polar surface area (TPSA) is 48.1 Å². The van der Waals surface area contributed by atoms with E-state index in [1.165, 1.54) is 29.5 Å². The molecule has 0 aliphatic heterocycles. The van der Waals surface area contributed by atoms with Crippen molar-refractivity contribution in [1.82, 2.24) is 4.98 Å². The number of para-hydroxylation sites is 1. The SMILES string of the molecule is Cc1nc(CC(N)c2ccccc2OC(F)(F)F)cs1. The number of aryl methyl sites for hydroxylation is 1. The summed E-state index contributed by atoms with van der Waals surface area (Å²) in [5, 5.41) is 2.75. The van der Waals surface area contributed by atoms with Gasteiger partial charge in [-0.2, -0.15) is 0 Å². The van der Waals surface area contributed by atoms with Crippen LogP contribution in [0.2, 0.25) is 0 Å². The van der Waals surface area contributed by atoms with Crippen LogP contribution in [0.3, 0.4) is 0 Å². The summed E-state index contributed by atoms with van der Waals surface area (Å²) in [4.78, 5) is 4.26. The molecule has 0 bridgehead atoms. The van der Waals surface area contributed by atoms with E-state index >= 15 is 0 Å². The number of alkyl halides is 3. The largest absolute Gasteiger partial charge is 0.573 e. The van der Waals surface area contributed by atoms with Gasteiger partial charge in [0, 0.05) is 23.4 Å². The zero-order chi connectivity index (χ0) is 14.8. The molecule has 1 unspecified atom stereocenters. The van der Waals surface area contributed by atoms with Gasteiger partial charge in [-0.25, -0.2) is 4.98 Å². The van der Waals surface area contributed by atoms with Crippen LogP contribution in [0.5, 0.6) is 5.75 Å². The Balaban J connectivity index is 2.19. The van der Waals surface area contributed by atoms with E-state index in [0.29, 0.717) is 12.0 Å². The summed E-state index contributed by atoms with van der Waals surface area (Å²) in [6.07, 6.45) is -4.37. The first-order valence-electron chi connectivity index (χ1n) is 5.86. The molecule has 0 aliphatic carbocycles. The van der Waals surface area contributed by atoms with Gasteiger partial charge in [0.25, 0.3) is 0 Å². The van der Waals surface area contributed by atoms with Crippen LogP contribution in [-0.4, -0.2) is 11.3 Å². The number of ether oxygens (including phenoxy) is 1. The van der Waals surface area contributed by atoms with Crippen molar-refractivity contribution in [2.24, 2.45) is 5.73 Å². The lowest BCUT2D eigenvalue weighted by atomic mass is 10.0. The third-order valence-corrected chi connectivity index (χ3v) is 3.46. The lowest BCUT2D eigenvalue weighted by molar-refractivity contribution is -0.275. The number of aromatic nitrogens is 1. The molecule has 0 radical (unpaired) electrons. The normalized spacial score (nSPS) is 13.2. The second-order valence-corrected chi connectivity index (χ2v) is 5.32. The van der Waals surface area contributed by atoms with Crippen molar-refractivity contribution in [1.29, 1.82) is 0 Å². The maximum absolute atomic E-state index is 12.3. The Hall–Kier alpha value is -1.60. The Morgan fingerprint density at radius 1 is 1.35 bits per heavy atom. The molecule has 3 nitrogen and oxygen atoms in total. The van der Waals surface area contributed by atoms with Crippen LogP contribution in [0.25, 0.3) is 0 Å². The Bertz CT molecular complexity index is 583. The molecule has 1 aromatic carbocycles. The van der Waals surface area contributed by atoms with E-state index in [2.05, 4.69) is 9.72 Å². The van der Waals surface area contributed by atoms with E-state index in [-0.39, 0.29) is 5.75 Å². The van der Waals surface area contributed by atoms with Crippen molar-refractivity contribution in [2.75, 3.05) is 0 Å². The lowest BCUT2D eigenvalue weighted by Gasteiger charge is -2.17. The summed E-state index contributed by atoms with van der Waals surface area (Å²) in [5.41, 5.74) is 7.05. The molecule has 2 rings (SSSR count). The quantitative estimate of drug-likeness (QED) is 0.939. The molecule has 20 heavy (non-hydrogen) atoms. The van der Waals surface area contributed by atoms with Crippen LogP contribution in [0.15, 0.2) is 29.6 Å². The summed E-state index contributed by atoms with van der Waals surface area (Å²) in [7, 11) is 0. The Morgan fingerprint density at radius 2 is 2.05 bits per heavy atom. The highest BCUT2D eigenvalue weighted by Gasteiger charge is 2.32. The van der Waals surface area contributed by atoms with Crippen LogP contribution in [0.1, 0.15) is 22.3 Å². The number of nitrogens with zero attached hydrogens (tertiary/aromatic N) is 1. The Labute approximate surface area is 118 Å². The van der Waals surface area contributed by atoms with E-state index in [9.17, 15) is 13.2 Å². The first-order chi connectivity index (χ1) is 9.35. The highest BCUT2D eigenvalue weighted by Crippen LogP contribution is 2.30. The molecule has 0 saturated carbocycles. The minimum absolute atomic E-state index is 0.264. The zero-order valence-electron chi connectivity index (χ0n) is 10.6. The van der Waals surface area contributed by atoms with E-state index in [0.717, 1.165) is 10.7 Å². The number of hydrogen-bond acceptors (Lipinski definition) is 4. The van der Waals surface area contributed by atoms with E-state index < -0.39 is 12.4 Å². The molecule has 1 heterocycles. The Morgan fingerprint density at radius 3 is 2.65 bits per heavy atom. The van der Waals surface area contributed by atoms with Gasteiger partial charge in [-0.1, -0.05) is 18.2 Å². The van der Waals surface area contributed by atoms with Gasteiger partial charge < -0.3 is 10.5 Å². The third kappa shape index (κ3) is 3.94. The molecule has 1 atom stereocenters.